The Balaban J connectivity index is 0.00000276. The van der Waals surface area contributed by atoms with E-state index in [-0.39, 0.29) is 29.0 Å². The van der Waals surface area contributed by atoms with Gasteiger partial charge in [0.05, 0.1) is 43.4 Å². The minimum atomic E-state index is -5.00. The van der Waals surface area contributed by atoms with Crippen molar-refractivity contribution in [3.8, 4) is 17.1 Å². The van der Waals surface area contributed by atoms with Gasteiger partial charge in [-0.3, -0.25) is 14.2 Å². The lowest BCUT2D eigenvalue weighted by atomic mass is 10.1. The number of hydrogen-bond acceptors (Lipinski definition) is 7. The van der Waals surface area contributed by atoms with Crippen LogP contribution in [-0.4, -0.2) is 58.2 Å². The highest BCUT2D eigenvalue weighted by molar-refractivity contribution is 5.88. The zero-order valence-corrected chi connectivity index (χ0v) is 27.9. The summed E-state index contributed by atoms with van der Waals surface area (Å²) in [6.45, 7) is 2.99. The maximum atomic E-state index is 15.6. The van der Waals surface area contributed by atoms with E-state index in [4.69, 9.17) is 4.74 Å². The molecular formula is C33H34F5N7O5. The lowest BCUT2D eigenvalue weighted by Gasteiger charge is -2.17. The number of carbonyl (C=O) groups excluding carboxylic acids is 1. The topological polar surface area (TPSA) is 125 Å². The number of aromatic nitrogens is 4. The summed E-state index contributed by atoms with van der Waals surface area (Å²) in [6, 6.07) is 11.4. The highest BCUT2D eigenvalue weighted by Crippen LogP contribution is 2.34. The summed E-state index contributed by atoms with van der Waals surface area (Å²) in [5, 5.41) is 6.77. The van der Waals surface area contributed by atoms with Crippen molar-refractivity contribution < 1.29 is 36.3 Å². The Labute approximate surface area is 282 Å². The Bertz CT molecular complexity index is 2120. The fourth-order valence-electron chi connectivity index (χ4n) is 5.18. The van der Waals surface area contributed by atoms with Gasteiger partial charge in [0.25, 0.3) is 5.56 Å². The van der Waals surface area contributed by atoms with Crippen LogP contribution in [0.3, 0.4) is 0 Å². The molecule has 0 bridgehead atoms. The van der Waals surface area contributed by atoms with Crippen molar-refractivity contribution in [2.75, 3.05) is 33.6 Å². The van der Waals surface area contributed by atoms with Gasteiger partial charge in [-0.2, -0.15) is 13.2 Å². The summed E-state index contributed by atoms with van der Waals surface area (Å²) in [5.74, 6) is -2.66. The number of amides is 2. The summed E-state index contributed by atoms with van der Waals surface area (Å²) in [5.41, 5.74) is -2.53. The third-order valence-corrected chi connectivity index (χ3v) is 7.23. The first-order chi connectivity index (χ1) is 23.8. The average molecular weight is 704 g/mol. The molecule has 0 aliphatic carbocycles. The first-order valence-corrected chi connectivity index (χ1v) is 15.1. The number of hydrogen-bond donors (Lipinski definition) is 2. The number of hydroxylamine groups is 1. The zero-order chi connectivity index (χ0) is 36.9. The van der Waals surface area contributed by atoms with Gasteiger partial charge < -0.3 is 15.0 Å². The average Bonchev–Trinajstić information content (AvgIpc) is 3.43. The molecule has 2 amide bonds. The monoisotopic (exact) mass is 703 g/mol. The molecule has 0 fully saturated rings. The molecule has 3 aromatic carbocycles. The molecule has 5 aromatic rings. The number of halogens is 5. The van der Waals surface area contributed by atoms with Crippen LogP contribution in [0.1, 0.15) is 30.7 Å². The Kier molecular flexibility index (Phi) is 11.4. The smallest absolute Gasteiger partial charge is 0.416 e. The minimum Gasteiger partial charge on any atom is -0.494 e. The number of urea groups is 1. The van der Waals surface area contributed by atoms with Gasteiger partial charge in [0.15, 0.2) is 17.2 Å². The van der Waals surface area contributed by atoms with E-state index in [0.29, 0.717) is 26.6 Å². The van der Waals surface area contributed by atoms with Crippen molar-refractivity contribution in [1.82, 2.24) is 29.3 Å². The second kappa shape index (κ2) is 15.3. The van der Waals surface area contributed by atoms with Gasteiger partial charge in [-0.15, -0.1) is 5.10 Å². The summed E-state index contributed by atoms with van der Waals surface area (Å²) < 4.78 is 80.3. The number of nitrogens with one attached hydrogen (secondary N) is 2. The standard InChI is InChI=1S/C31H28F5N7O5.C2H6/c1-40(2)16-23-25-27(38-43(23)18-13-11-17(12-14-18)37-29(45)39-48-4)41(15-19-20(31(34,35)36)7-5-8-21(19)32)30(46)42(28(25)44)22-9-6-10-24(47-3)26(22)33;1-2/h5-14H,15-16H2,1-4H3,(H2,37,39,45);1-2H3. The maximum Gasteiger partial charge on any atom is 0.416 e. The number of methoxy groups -OCH3 is 1. The number of ether oxygens (including phenoxy) is 1. The number of nitrogens with zero attached hydrogens (tertiary/aromatic N) is 5. The molecule has 5 rings (SSSR count). The number of rotatable bonds is 9. The van der Waals surface area contributed by atoms with Crippen LogP contribution < -0.4 is 26.8 Å². The lowest BCUT2D eigenvalue weighted by molar-refractivity contribution is -0.138. The normalized spacial score (nSPS) is 11.4. The van der Waals surface area contributed by atoms with Crippen molar-refractivity contribution in [2.24, 2.45) is 0 Å². The molecule has 50 heavy (non-hydrogen) atoms. The third-order valence-electron chi connectivity index (χ3n) is 7.23. The Morgan fingerprint density at radius 1 is 0.960 bits per heavy atom. The van der Waals surface area contributed by atoms with Gasteiger partial charge in [-0.05, 0) is 62.6 Å². The fraction of sp³-hybridized carbons (Fsp3) is 0.273. The molecule has 2 aromatic heterocycles. The summed E-state index contributed by atoms with van der Waals surface area (Å²) in [4.78, 5) is 46.5. The molecule has 17 heteroatoms. The molecule has 0 atom stereocenters. The molecule has 0 spiro atoms. The fourth-order valence-corrected chi connectivity index (χ4v) is 5.18. The Morgan fingerprint density at radius 3 is 2.22 bits per heavy atom. The third kappa shape index (κ3) is 7.37. The van der Waals surface area contributed by atoms with E-state index in [1.165, 1.54) is 55.3 Å². The molecule has 0 saturated heterocycles. The van der Waals surface area contributed by atoms with Gasteiger partial charge in [0.2, 0.25) is 0 Å². The summed E-state index contributed by atoms with van der Waals surface area (Å²) in [7, 11) is 5.78. The van der Waals surface area contributed by atoms with Gasteiger partial charge in [0.1, 0.15) is 11.2 Å². The zero-order valence-electron chi connectivity index (χ0n) is 27.9. The van der Waals surface area contributed by atoms with Crippen LogP contribution in [0.25, 0.3) is 22.4 Å². The van der Waals surface area contributed by atoms with E-state index in [0.717, 1.165) is 18.2 Å². The Hall–Kier alpha value is -5.55. The highest BCUT2D eigenvalue weighted by Gasteiger charge is 2.35. The van der Waals surface area contributed by atoms with Gasteiger partial charge >= 0.3 is 17.9 Å². The minimum absolute atomic E-state index is 0.00822. The SMILES string of the molecule is CC.CONC(=O)Nc1ccc(-n2nc3c(c2CN(C)C)c(=O)n(-c2cccc(OC)c2F)c(=O)n3Cc2c(F)cccc2C(F)(F)F)cc1. The van der Waals surface area contributed by atoms with Crippen LogP contribution in [0.15, 0.2) is 70.3 Å². The number of benzene rings is 3. The van der Waals surface area contributed by atoms with Crippen LogP contribution >= 0.6 is 0 Å². The van der Waals surface area contributed by atoms with Crippen LogP contribution in [-0.2, 0) is 24.1 Å². The van der Waals surface area contributed by atoms with Crippen LogP contribution in [0.2, 0.25) is 0 Å². The molecule has 0 aliphatic heterocycles. The summed E-state index contributed by atoms with van der Waals surface area (Å²) >= 11 is 0. The van der Waals surface area contributed by atoms with Crippen LogP contribution in [0.4, 0.5) is 32.4 Å². The Morgan fingerprint density at radius 2 is 1.62 bits per heavy atom. The predicted molar refractivity (Wildman–Crippen MR) is 176 cm³/mol. The number of carbonyl (C=O) groups is 1. The molecular weight excluding hydrogens is 669 g/mol. The number of anilines is 1. The van der Waals surface area contributed by atoms with Crippen molar-refractivity contribution in [2.45, 2.75) is 33.1 Å². The van der Waals surface area contributed by atoms with Gasteiger partial charge in [-0.25, -0.2) is 33.1 Å². The van der Waals surface area contributed by atoms with Gasteiger partial charge in [0, 0.05) is 17.8 Å². The maximum absolute atomic E-state index is 15.6. The van der Waals surface area contributed by atoms with Crippen molar-refractivity contribution in [3.05, 3.63) is 110 Å². The van der Waals surface area contributed by atoms with Crippen LogP contribution in [0.5, 0.6) is 5.75 Å². The molecule has 2 heterocycles. The molecule has 0 saturated carbocycles. The molecule has 0 radical (unpaired) electrons. The molecule has 266 valence electrons. The van der Waals surface area contributed by atoms with Crippen molar-refractivity contribution >= 4 is 22.8 Å². The lowest BCUT2D eigenvalue weighted by Crippen LogP contribution is -2.40. The molecule has 12 nitrogen and oxygen atoms in total. The van der Waals surface area contributed by atoms with E-state index in [9.17, 15) is 27.6 Å². The quantitative estimate of drug-likeness (QED) is 0.154. The van der Waals surface area contributed by atoms with Gasteiger partial charge in [-0.1, -0.05) is 26.0 Å². The first kappa shape index (κ1) is 37.3. The van der Waals surface area contributed by atoms with E-state index in [1.807, 2.05) is 13.8 Å². The molecule has 0 unspecified atom stereocenters. The van der Waals surface area contributed by atoms with Crippen LogP contribution in [0, 0.1) is 11.6 Å². The molecule has 0 aliphatic rings. The number of fused-ring (bicyclic) bond motifs is 1. The van der Waals surface area contributed by atoms with Crippen molar-refractivity contribution in [1.29, 1.82) is 0 Å². The second-order valence-corrected chi connectivity index (χ2v) is 10.7. The predicted octanol–water partition coefficient (Wildman–Crippen LogP) is 5.46. The van der Waals surface area contributed by atoms with E-state index in [1.54, 1.807) is 19.0 Å². The van der Waals surface area contributed by atoms with E-state index >= 15 is 8.78 Å². The largest absolute Gasteiger partial charge is 0.494 e. The van der Waals surface area contributed by atoms with Crippen molar-refractivity contribution in [3.63, 3.8) is 0 Å². The summed E-state index contributed by atoms with van der Waals surface area (Å²) in [6.07, 6.45) is -5.00. The highest BCUT2D eigenvalue weighted by atomic mass is 19.4. The first-order valence-electron chi connectivity index (χ1n) is 15.1. The number of alkyl halides is 3. The molecule has 2 N–H and O–H groups in total. The second-order valence-electron chi connectivity index (χ2n) is 10.7. The van der Waals surface area contributed by atoms with E-state index < -0.39 is 58.4 Å². The van der Waals surface area contributed by atoms with E-state index in [2.05, 4.69) is 20.7 Å².